The zero-order chi connectivity index (χ0) is 15.3. The van der Waals surface area contributed by atoms with Crippen molar-refractivity contribution in [1.29, 1.82) is 0 Å². The van der Waals surface area contributed by atoms with Crippen LogP contribution in [0.25, 0.3) is 0 Å². The van der Waals surface area contributed by atoms with Crippen LogP contribution < -0.4 is 10.5 Å². The molecule has 1 aromatic rings. The molecule has 0 saturated carbocycles. The van der Waals surface area contributed by atoms with Crippen molar-refractivity contribution in [2.24, 2.45) is 0 Å². The highest BCUT2D eigenvalue weighted by Gasteiger charge is 2.23. The number of esters is 1. The average Bonchev–Trinajstić information content (AvgIpc) is 2.31. The second-order valence-corrected chi connectivity index (χ2v) is 6.81. The van der Waals surface area contributed by atoms with Gasteiger partial charge >= 0.3 is 5.97 Å². The van der Waals surface area contributed by atoms with Crippen LogP contribution in [0.5, 0.6) is 5.75 Å². The standard InChI is InChI=1S/C15H23NO3S/c1-6-18-11-7-8-12(16)13(9-11)20-10(2)14(17)19-15(3,4)5/h7-10H,6,16H2,1-5H3. The van der Waals surface area contributed by atoms with Crippen molar-refractivity contribution in [1.82, 2.24) is 0 Å². The van der Waals surface area contributed by atoms with Crippen LogP contribution in [0.15, 0.2) is 23.1 Å². The van der Waals surface area contributed by atoms with Gasteiger partial charge in [0.1, 0.15) is 16.6 Å². The summed E-state index contributed by atoms with van der Waals surface area (Å²) in [7, 11) is 0. The van der Waals surface area contributed by atoms with Crippen molar-refractivity contribution < 1.29 is 14.3 Å². The van der Waals surface area contributed by atoms with Gasteiger partial charge in [-0.2, -0.15) is 0 Å². The quantitative estimate of drug-likeness (QED) is 0.512. The van der Waals surface area contributed by atoms with Gasteiger partial charge in [0.25, 0.3) is 0 Å². The van der Waals surface area contributed by atoms with Crippen molar-refractivity contribution in [3.63, 3.8) is 0 Å². The third-order valence-electron chi connectivity index (χ3n) is 2.34. The molecule has 2 N–H and O–H groups in total. The minimum atomic E-state index is -0.482. The van der Waals surface area contributed by atoms with Crippen molar-refractivity contribution in [3.8, 4) is 5.75 Å². The molecule has 0 radical (unpaired) electrons. The van der Waals surface area contributed by atoms with Gasteiger partial charge in [-0.1, -0.05) is 0 Å². The van der Waals surface area contributed by atoms with Gasteiger partial charge in [0.05, 0.1) is 6.61 Å². The van der Waals surface area contributed by atoms with E-state index in [0.29, 0.717) is 12.3 Å². The summed E-state index contributed by atoms with van der Waals surface area (Å²) in [6.45, 7) is 9.89. The Kier molecular flexibility index (Phi) is 5.74. The number of rotatable bonds is 5. The van der Waals surface area contributed by atoms with Gasteiger partial charge in [0.15, 0.2) is 0 Å². The Morgan fingerprint density at radius 1 is 1.40 bits per heavy atom. The Bertz CT molecular complexity index is 469. The maximum Gasteiger partial charge on any atom is 0.319 e. The van der Waals surface area contributed by atoms with E-state index in [2.05, 4.69) is 0 Å². The molecule has 0 saturated heterocycles. The summed E-state index contributed by atoms with van der Waals surface area (Å²) in [6.07, 6.45) is 0. The lowest BCUT2D eigenvalue weighted by atomic mass is 10.2. The number of carbonyl (C=O) groups excluding carboxylic acids is 1. The van der Waals surface area contributed by atoms with Gasteiger partial charge in [-0.15, -0.1) is 11.8 Å². The fourth-order valence-corrected chi connectivity index (χ4v) is 2.41. The van der Waals surface area contributed by atoms with Crippen LogP contribution in [0.2, 0.25) is 0 Å². The van der Waals surface area contributed by atoms with Crippen LogP contribution in [0.3, 0.4) is 0 Å². The van der Waals surface area contributed by atoms with Crippen LogP contribution in [-0.2, 0) is 9.53 Å². The van der Waals surface area contributed by atoms with Crippen LogP contribution in [0.1, 0.15) is 34.6 Å². The number of benzene rings is 1. The third kappa shape index (κ3) is 5.33. The zero-order valence-electron chi connectivity index (χ0n) is 12.7. The molecule has 5 heteroatoms. The summed E-state index contributed by atoms with van der Waals surface area (Å²) in [4.78, 5) is 12.8. The van der Waals surface area contributed by atoms with Crippen molar-refractivity contribution in [2.45, 2.75) is 50.4 Å². The van der Waals surface area contributed by atoms with E-state index >= 15 is 0 Å². The normalized spacial score (nSPS) is 12.8. The van der Waals surface area contributed by atoms with Gasteiger partial charge in [-0.25, -0.2) is 0 Å². The first-order valence-electron chi connectivity index (χ1n) is 6.64. The third-order valence-corrected chi connectivity index (χ3v) is 3.49. The average molecular weight is 297 g/mol. The number of nitrogen functional groups attached to an aromatic ring is 1. The number of thioether (sulfide) groups is 1. The Hall–Kier alpha value is -1.36. The van der Waals surface area contributed by atoms with Crippen molar-refractivity contribution >= 4 is 23.4 Å². The summed E-state index contributed by atoms with van der Waals surface area (Å²) >= 11 is 1.38. The van der Waals surface area contributed by atoms with Gasteiger partial charge < -0.3 is 15.2 Å². The molecule has 1 atom stereocenters. The molecule has 1 unspecified atom stereocenters. The fraction of sp³-hybridized carbons (Fsp3) is 0.533. The van der Waals surface area contributed by atoms with E-state index in [9.17, 15) is 4.79 Å². The molecule has 4 nitrogen and oxygen atoms in total. The van der Waals surface area contributed by atoms with Gasteiger partial charge in [0.2, 0.25) is 0 Å². The molecule has 0 aliphatic heterocycles. The zero-order valence-corrected chi connectivity index (χ0v) is 13.5. The van der Waals surface area contributed by atoms with E-state index in [0.717, 1.165) is 10.6 Å². The molecule has 112 valence electrons. The van der Waals surface area contributed by atoms with E-state index < -0.39 is 5.60 Å². The molecule has 0 aliphatic rings. The number of anilines is 1. The fourth-order valence-electron chi connectivity index (χ4n) is 1.50. The lowest BCUT2D eigenvalue weighted by molar-refractivity contribution is -0.153. The first-order valence-corrected chi connectivity index (χ1v) is 7.52. The molecule has 1 aromatic carbocycles. The molecule has 0 amide bonds. The molecular formula is C15H23NO3S. The van der Waals surface area contributed by atoms with E-state index in [1.807, 2.05) is 46.8 Å². The summed E-state index contributed by atoms with van der Waals surface area (Å²) in [5, 5.41) is -0.326. The minimum Gasteiger partial charge on any atom is -0.494 e. The molecule has 0 heterocycles. The first-order chi connectivity index (χ1) is 9.23. The lowest BCUT2D eigenvalue weighted by Crippen LogP contribution is -2.28. The SMILES string of the molecule is CCOc1ccc(N)c(SC(C)C(=O)OC(C)(C)C)c1. The topological polar surface area (TPSA) is 61.5 Å². The molecular weight excluding hydrogens is 274 g/mol. The summed E-state index contributed by atoms with van der Waals surface area (Å²) in [5.41, 5.74) is 6.08. The van der Waals surface area contributed by atoms with Crippen molar-refractivity contribution in [3.05, 3.63) is 18.2 Å². The molecule has 20 heavy (non-hydrogen) atoms. The summed E-state index contributed by atoms with van der Waals surface area (Å²) in [5.74, 6) is 0.504. The Morgan fingerprint density at radius 3 is 2.60 bits per heavy atom. The van der Waals surface area contributed by atoms with E-state index in [1.54, 1.807) is 6.07 Å². The highest BCUT2D eigenvalue weighted by atomic mass is 32.2. The van der Waals surface area contributed by atoms with Gasteiger partial charge in [0, 0.05) is 10.6 Å². The maximum atomic E-state index is 12.0. The number of hydrogen-bond acceptors (Lipinski definition) is 5. The Labute approximate surface area is 125 Å². The molecule has 0 fully saturated rings. The van der Waals surface area contributed by atoms with Crippen LogP contribution in [0.4, 0.5) is 5.69 Å². The van der Waals surface area contributed by atoms with Crippen LogP contribution in [-0.4, -0.2) is 23.4 Å². The predicted molar refractivity (Wildman–Crippen MR) is 83.2 cm³/mol. The molecule has 0 aliphatic carbocycles. The smallest absolute Gasteiger partial charge is 0.319 e. The maximum absolute atomic E-state index is 12.0. The van der Waals surface area contributed by atoms with Crippen molar-refractivity contribution in [2.75, 3.05) is 12.3 Å². The largest absolute Gasteiger partial charge is 0.494 e. The Balaban J connectivity index is 2.76. The van der Waals surface area contributed by atoms with E-state index in [1.165, 1.54) is 11.8 Å². The molecule has 0 aromatic heterocycles. The second kappa shape index (κ2) is 6.88. The molecule has 0 bridgehead atoms. The van der Waals surface area contributed by atoms with Gasteiger partial charge in [-0.3, -0.25) is 4.79 Å². The predicted octanol–water partition coefficient (Wildman–Crippen LogP) is 3.49. The highest BCUT2D eigenvalue weighted by molar-refractivity contribution is 8.00. The number of carbonyl (C=O) groups is 1. The number of nitrogens with two attached hydrogens (primary N) is 1. The summed E-state index contributed by atoms with van der Waals surface area (Å²) < 4.78 is 10.8. The van der Waals surface area contributed by atoms with Gasteiger partial charge in [-0.05, 0) is 52.8 Å². The summed E-state index contributed by atoms with van der Waals surface area (Å²) in [6, 6.07) is 5.46. The first kappa shape index (κ1) is 16.7. The minimum absolute atomic E-state index is 0.247. The highest BCUT2D eigenvalue weighted by Crippen LogP contribution is 2.33. The lowest BCUT2D eigenvalue weighted by Gasteiger charge is -2.22. The van der Waals surface area contributed by atoms with E-state index in [4.69, 9.17) is 15.2 Å². The van der Waals surface area contributed by atoms with E-state index in [-0.39, 0.29) is 11.2 Å². The molecule has 1 rings (SSSR count). The molecule has 0 spiro atoms. The number of ether oxygens (including phenoxy) is 2. The number of hydrogen-bond donors (Lipinski definition) is 1. The van der Waals surface area contributed by atoms with Crippen LogP contribution >= 0.6 is 11.8 Å². The monoisotopic (exact) mass is 297 g/mol. The van der Waals surface area contributed by atoms with Crippen LogP contribution in [0, 0.1) is 0 Å². The Morgan fingerprint density at radius 2 is 2.05 bits per heavy atom. The second-order valence-electron chi connectivity index (χ2n) is 5.43.